The van der Waals surface area contributed by atoms with Crippen LogP contribution in [-0.4, -0.2) is 23.0 Å². The fourth-order valence-corrected chi connectivity index (χ4v) is 1.48. The number of amides is 1. The molecule has 0 spiro atoms. The minimum absolute atomic E-state index is 0.219. The minimum Gasteiger partial charge on any atom is -0.480 e. The summed E-state index contributed by atoms with van der Waals surface area (Å²) in [6.45, 7) is 9.24. The standard InChI is InChI=1S/C12H21NO3/c1-5-6-10(12(15)16)13-11(14)9(4)7-8(2)3/h9-10H,2,5-7H2,1,3-4H3,(H,13,14)(H,15,16). The van der Waals surface area contributed by atoms with Gasteiger partial charge < -0.3 is 10.4 Å². The van der Waals surface area contributed by atoms with Gasteiger partial charge in [-0.25, -0.2) is 4.79 Å². The van der Waals surface area contributed by atoms with E-state index in [9.17, 15) is 9.59 Å². The van der Waals surface area contributed by atoms with Crippen LogP contribution in [-0.2, 0) is 9.59 Å². The molecule has 4 nitrogen and oxygen atoms in total. The Balaban J connectivity index is 4.28. The third-order valence-electron chi connectivity index (χ3n) is 2.29. The molecule has 0 aromatic rings. The van der Waals surface area contributed by atoms with Crippen LogP contribution in [0.5, 0.6) is 0 Å². The van der Waals surface area contributed by atoms with Crippen molar-refractivity contribution in [3.8, 4) is 0 Å². The van der Waals surface area contributed by atoms with Gasteiger partial charge in [-0.1, -0.05) is 25.8 Å². The fourth-order valence-electron chi connectivity index (χ4n) is 1.48. The molecule has 0 aromatic heterocycles. The van der Waals surface area contributed by atoms with Crippen LogP contribution in [0.4, 0.5) is 0 Å². The van der Waals surface area contributed by atoms with Gasteiger partial charge in [-0.05, 0) is 19.8 Å². The maximum atomic E-state index is 11.7. The van der Waals surface area contributed by atoms with Crippen LogP contribution in [0.3, 0.4) is 0 Å². The lowest BCUT2D eigenvalue weighted by molar-refractivity contribution is -0.142. The number of carbonyl (C=O) groups excluding carboxylic acids is 1. The molecule has 0 aliphatic carbocycles. The molecule has 0 aliphatic heterocycles. The second-order valence-electron chi connectivity index (χ2n) is 4.25. The number of carboxylic acids is 1. The summed E-state index contributed by atoms with van der Waals surface area (Å²) < 4.78 is 0. The number of rotatable bonds is 7. The van der Waals surface area contributed by atoms with Crippen LogP contribution in [0.1, 0.15) is 40.0 Å². The summed E-state index contributed by atoms with van der Waals surface area (Å²) in [5.74, 6) is -1.42. The molecule has 0 fully saturated rings. The molecular formula is C12H21NO3. The molecule has 0 bridgehead atoms. The molecule has 2 atom stereocenters. The van der Waals surface area contributed by atoms with Crippen LogP contribution >= 0.6 is 0 Å². The average Bonchev–Trinajstić information content (AvgIpc) is 2.15. The smallest absolute Gasteiger partial charge is 0.326 e. The lowest BCUT2D eigenvalue weighted by Gasteiger charge is -2.17. The normalized spacial score (nSPS) is 13.9. The molecule has 1 amide bonds. The highest BCUT2D eigenvalue weighted by Crippen LogP contribution is 2.09. The van der Waals surface area contributed by atoms with Crippen LogP contribution < -0.4 is 5.32 Å². The molecule has 0 saturated heterocycles. The largest absolute Gasteiger partial charge is 0.480 e. The highest BCUT2D eigenvalue weighted by molar-refractivity contribution is 5.84. The number of carboxylic acid groups (broad SMARTS) is 1. The summed E-state index contributed by atoms with van der Waals surface area (Å²) in [4.78, 5) is 22.5. The molecule has 16 heavy (non-hydrogen) atoms. The Morgan fingerprint density at radius 3 is 2.38 bits per heavy atom. The van der Waals surface area contributed by atoms with Gasteiger partial charge in [0.05, 0.1) is 0 Å². The summed E-state index contributed by atoms with van der Waals surface area (Å²) in [5.41, 5.74) is 0.921. The van der Waals surface area contributed by atoms with Crippen molar-refractivity contribution in [1.82, 2.24) is 5.32 Å². The Labute approximate surface area is 96.7 Å². The molecule has 2 unspecified atom stereocenters. The van der Waals surface area contributed by atoms with E-state index in [1.54, 1.807) is 6.92 Å². The van der Waals surface area contributed by atoms with Gasteiger partial charge in [0.1, 0.15) is 6.04 Å². The first-order valence-electron chi connectivity index (χ1n) is 5.56. The Morgan fingerprint density at radius 2 is 2.00 bits per heavy atom. The molecular weight excluding hydrogens is 206 g/mol. The molecule has 0 rings (SSSR count). The SMILES string of the molecule is C=C(C)CC(C)C(=O)NC(CCC)C(=O)O. The summed E-state index contributed by atoms with van der Waals surface area (Å²) in [6.07, 6.45) is 1.78. The van der Waals surface area contributed by atoms with Gasteiger partial charge in [-0.15, -0.1) is 6.58 Å². The zero-order chi connectivity index (χ0) is 12.7. The minimum atomic E-state index is -0.974. The number of aliphatic carboxylic acids is 1. The molecule has 0 aliphatic rings. The Kier molecular flexibility index (Phi) is 6.46. The average molecular weight is 227 g/mol. The number of hydrogen-bond acceptors (Lipinski definition) is 2. The van der Waals surface area contributed by atoms with E-state index in [1.807, 2.05) is 13.8 Å². The third-order valence-corrected chi connectivity index (χ3v) is 2.29. The topological polar surface area (TPSA) is 66.4 Å². The summed E-state index contributed by atoms with van der Waals surface area (Å²) in [7, 11) is 0. The van der Waals surface area contributed by atoms with Crippen molar-refractivity contribution in [2.24, 2.45) is 5.92 Å². The zero-order valence-electron chi connectivity index (χ0n) is 10.2. The second-order valence-corrected chi connectivity index (χ2v) is 4.25. The van der Waals surface area contributed by atoms with E-state index in [0.29, 0.717) is 12.8 Å². The van der Waals surface area contributed by atoms with Gasteiger partial charge in [-0.3, -0.25) is 4.79 Å². The molecule has 4 heteroatoms. The lowest BCUT2D eigenvalue weighted by atomic mass is 10.0. The first-order valence-corrected chi connectivity index (χ1v) is 5.56. The molecule has 0 radical (unpaired) electrons. The molecule has 2 N–H and O–H groups in total. The van der Waals surface area contributed by atoms with Crippen molar-refractivity contribution in [3.05, 3.63) is 12.2 Å². The fraction of sp³-hybridized carbons (Fsp3) is 0.667. The Morgan fingerprint density at radius 1 is 1.44 bits per heavy atom. The van der Waals surface area contributed by atoms with E-state index in [2.05, 4.69) is 11.9 Å². The quantitative estimate of drug-likeness (QED) is 0.653. The van der Waals surface area contributed by atoms with E-state index in [1.165, 1.54) is 0 Å². The number of allylic oxidation sites excluding steroid dienone is 1. The van der Waals surface area contributed by atoms with Gasteiger partial charge in [0, 0.05) is 5.92 Å². The predicted molar refractivity (Wildman–Crippen MR) is 63.1 cm³/mol. The molecule has 0 saturated carbocycles. The Bertz CT molecular complexity index is 273. The van der Waals surface area contributed by atoms with Crippen LogP contribution in [0.25, 0.3) is 0 Å². The first kappa shape index (κ1) is 14.7. The van der Waals surface area contributed by atoms with Crippen LogP contribution in [0.2, 0.25) is 0 Å². The van der Waals surface area contributed by atoms with Gasteiger partial charge in [0.15, 0.2) is 0 Å². The summed E-state index contributed by atoms with van der Waals surface area (Å²) in [5, 5.41) is 11.4. The van der Waals surface area contributed by atoms with Crippen molar-refractivity contribution >= 4 is 11.9 Å². The highest BCUT2D eigenvalue weighted by Gasteiger charge is 2.21. The number of carbonyl (C=O) groups is 2. The van der Waals surface area contributed by atoms with E-state index < -0.39 is 12.0 Å². The van der Waals surface area contributed by atoms with E-state index in [-0.39, 0.29) is 11.8 Å². The van der Waals surface area contributed by atoms with E-state index in [4.69, 9.17) is 5.11 Å². The highest BCUT2D eigenvalue weighted by atomic mass is 16.4. The van der Waals surface area contributed by atoms with Gasteiger partial charge >= 0.3 is 5.97 Å². The predicted octanol–water partition coefficient (Wildman–Crippen LogP) is 1.96. The van der Waals surface area contributed by atoms with Gasteiger partial charge in [0.2, 0.25) is 5.91 Å². The van der Waals surface area contributed by atoms with Crippen molar-refractivity contribution in [2.45, 2.75) is 46.1 Å². The van der Waals surface area contributed by atoms with E-state index >= 15 is 0 Å². The van der Waals surface area contributed by atoms with Crippen LogP contribution in [0.15, 0.2) is 12.2 Å². The second kappa shape index (κ2) is 7.04. The number of nitrogens with one attached hydrogen (secondary N) is 1. The monoisotopic (exact) mass is 227 g/mol. The van der Waals surface area contributed by atoms with Crippen LogP contribution in [0, 0.1) is 5.92 Å². The van der Waals surface area contributed by atoms with Crippen molar-refractivity contribution in [3.63, 3.8) is 0 Å². The van der Waals surface area contributed by atoms with Crippen molar-refractivity contribution in [1.29, 1.82) is 0 Å². The molecule has 0 heterocycles. The van der Waals surface area contributed by atoms with Crippen molar-refractivity contribution in [2.75, 3.05) is 0 Å². The maximum Gasteiger partial charge on any atom is 0.326 e. The Hall–Kier alpha value is -1.32. The zero-order valence-corrected chi connectivity index (χ0v) is 10.2. The first-order chi connectivity index (χ1) is 7.38. The number of hydrogen-bond donors (Lipinski definition) is 2. The summed E-state index contributed by atoms with van der Waals surface area (Å²) >= 11 is 0. The third kappa shape index (κ3) is 5.53. The van der Waals surface area contributed by atoms with Gasteiger partial charge in [0.25, 0.3) is 0 Å². The molecule has 0 aromatic carbocycles. The van der Waals surface area contributed by atoms with Crippen molar-refractivity contribution < 1.29 is 14.7 Å². The molecule has 92 valence electrons. The van der Waals surface area contributed by atoms with E-state index in [0.717, 1.165) is 12.0 Å². The lowest BCUT2D eigenvalue weighted by Crippen LogP contribution is -2.43. The maximum absolute atomic E-state index is 11.7. The summed E-state index contributed by atoms with van der Waals surface area (Å²) in [6, 6.07) is -0.773. The van der Waals surface area contributed by atoms with Gasteiger partial charge in [-0.2, -0.15) is 0 Å².